The first-order valence-corrected chi connectivity index (χ1v) is 8.51. The molecule has 0 saturated heterocycles. The Hall–Kier alpha value is -2.69. The van der Waals surface area contributed by atoms with Gasteiger partial charge in [0, 0.05) is 12.0 Å². The third kappa shape index (κ3) is 4.24. The number of carbonyl (C=O) groups is 2. The third-order valence-corrected chi connectivity index (χ3v) is 4.46. The second-order valence-electron chi connectivity index (χ2n) is 6.39. The highest BCUT2D eigenvalue weighted by Crippen LogP contribution is 2.19. The molecule has 0 aliphatic heterocycles. The summed E-state index contributed by atoms with van der Waals surface area (Å²) in [5.74, 6) is 0.642. The topological polar surface area (TPSA) is 68.3 Å². The molecular formula is C20H22N2O3. The van der Waals surface area contributed by atoms with E-state index in [1.807, 2.05) is 38.1 Å². The number of Topliss-reactive ketones (excluding diaryl/α,β-unsaturated/α-hetero) is 1. The number of rotatable bonds is 5. The zero-order valence-corrected chi connectivity index (χ0v) is 14.6. The van der Waals surface area contributed by atoms with Crippen LogP contribution in [-0.2, 0) is 17.8 Å². The van der Waals surface area contributed by atoms with Gasteiger partial charge >= 0.3 is 0 Å². The Labute approximate surface area is 147 Å². The molecule has 1 heterocycles. The van der Waals surface area contributed by atoms with Crippen molar-refractivity contribution in [2.45, 2.75) is 39.7 Å². The average Bonchev–Trinajstić information content (AvgIpc) is 2.61. The van der Waals surface area contributed by atoms with Gasteiger partial charge in [0.05, 0.1) is 17.9 Å². The molecule has 0 unspecified atom stereocenters. The first kappa shape index (κ1) is 17.1. The predicted octanol–water partition coefficient (Wildman–Crippen LogP) is 2.91. The van der Waals surface area contributed by atoms with Crippen molar-refractivity contribution >= 4 is 11.7 Å². The predicted molar refractivity (Wildman–Crippen MR) is 94.8 cm³/mol. The van der Waals surface area contributed by atoms with Gasteiger partial charge in [0.25, 0.3) is 5.91 Å². The van der Waals surface area contributed by atoms with E-state index in [4.69, 9.17) is 4.74 Å². The van der Waals surface area contributed by atoms with E-state index in [9.17, 15) is 9.59 Å². The second kappa shape index (κ2) is 7.47. The quantitative estimate of drug-likeness (QED) is 0.910. The van der Waals surface area contributed by atoms with E-state index in [2.05, 4.69) is 10.3 Å². The van der Waals surface area contributed by atoms with Gasteiger partial charge in [-0.2, -0.15) is 0 Å². The van der Waals surface area contributed by atoms with Gasteiger partial charge in [-0.3, -0.25) is 14.6 Å². The molecule has 1 aliphatic carbocycles. The van der Waals surface area contributed by atoms with Crippen LogP contribution in [0.2, 0.25) is 0 Å². The molecule has 3 rings (SSSR count). The first-order valence-electron chi connectivity index (χ1n) is 8.51. The van der Waals surface area contributed by atoms with E-state index < -0.39 is 0 Å². The number of hydrogen-bond donors (Lipinski definition) is 1. The molecule has 5 heteroatoms. The zero-order valence-electron chi connectivity index (χ0n) is 14.6. The summed E-state index contributed by atoms with van der Waals surface area (Å²) in [6, 6.07) is 9.37. The fraction of sp³-hybridized carbons (Fsp3) is 0.350. The maximum atomic E-state index is 12.0. The molecule has 1 amide bonds. The minimum Gasteiger partial charge on any atom is -0.484 e. The second-order valence-corrected chi connectivity index (χ2v) is 6.39. The maximum Gasteiger partial charge on any atom is 0.258 e. The molecule has 5 nitrogen and oxygen atoms in total. The first-order chi connectivity index (χ1) is 12.0. The molecule has 2 aromatic rings. The van der Waals surface area contributed by atoms with Crippen LogP contribution in [0.1, 0.15) is 45.7 Å². The van der Waals surface area contributed by atoms with E-state index in [0.29, 0.717) is 18.7 Å². The van der Waals surface area contributed by atoms with Crippen LogP contribution in [-0.4, -0.2) is 23.3 Å². The summed E-state index contributed by atoms with van der Waals surface area (Å²) in [6.45, 7) is 4.34. The Balaban J connectivity index is 1.52. The number of carbonyl (C=O) groups excluding carboxylic acids is 2. The number of nitrogens with one attached hydrogen (secondary N) is 1. The van der Waals surface area contributed by atoms with Crippen LogP contribution >= 0.6 is 0 Å². The summed E-state index contributed by atoms with van der Waals surface area (Å²) in [7, 11) is 0. The minimum atomic E-state index is -0.200. The Kier molecular flexibility index (Phi) is 5.12. The van der Waals surface area contributed by atoms with Crippen LogP contribution < -0.4 is 10.1 Å². The SMILES string of the molecule is Cc1ccc(OCC(=O)NCc2ccc3c(n2)CCCC3=O)cc1C. The minimum absolute atomic E-state index is 0.0358. The lowest BCUT2D eigenvalue weighted by atomic mass is 9.94. The van der Waals surface area contributed by atoms with Crippen LogP contribution in [0.25, 0.3) is 0 Å². The molecule has 0 spiro atoms. The number of ether oxygens (including phenoxy) is 1. The number of nitrogens with zero attached hydrogens (tertiary/aromatic N) is 1. The lowest BCUT2D eigenvalue weighted by molar-refractivity contribution is -0.123. The molecule has 0 bridgehead atoms. The van der Waals surface area contributed by atoms with Gasteiger partial charge in [-0.05, 0) is 62.1 Å². The molecule has 0 saturated carbocycles. The van der Waals surface area contributed by atoms with Crippen molar-refractivity contribution in [2.24, 2.45) is 0 Å². The average molecular weight is 338 g/mol. The van der Waals surface area contributed by atoms with Crippen LogP contribution in [0.3, 0.4) is 0 Å². The number of amides is 1. The van der Waals surface area contributed by atoms with Crippen molar-refractivity contribution in [2.75, 3.05) is 6.61 Å². The van der Waals surface area contributed by atoms with Crippen LogP contribution in [0.15, 0.2) is 30.3 Å². The molecule has 1 aromatic carbocycles. The van der Waals surface area contributed by atoms with Gasteiger partial charge < -0.3 is 10.1 Å². The van der Waals surface area contributed by atoms with E-state index in [0.717, 1.165) is 35.4 Å². The summed E-state index contributed by atoms with van der Waals surface area (Å²) in [5.41, 5.74) is 4.64. The molecule has 25 heavy (non-hydrogen) atoms. The Morgan fingerprint density at radius 2 is 2.00 bits per heavy atom. The number of benzene rings is 1. The number of fused-ring (bicyclic) bond motifs is 1. The largest absolute Gasteiger partial charge is 0.484 e. The van der Waals surface area contributed by atoms with Gasteiger partial charge in [0.15, 0.2) is 12.4 Å². The summed E-state index contributed by atoms with van der Waals surface area (Å²) >= 11 is 0. The van der Waals surface area contributed by atoms with Gasteiger partial charge in [-0.1, -0.05) is 6.07 Å². The van der Waals surface area contributed by atoms with Gasteiger partial charge in [-0.25, -0.2) is 0 Å². The van der Waals surface area contributed by atoms with Crippen LogP contribution in [0, 0.1) is 13.8 Å². The molecule has 1 aliphatic rings. The lowest BCUT2D eigenvalue weighted by Gasteiger charge is -2.15. The monoisotopic (exact) mass is 338 g/mol. The van der Waals surface area contributed by atoms with Crippen LogP contribution in [0.4, 0.5) is 0 Å². The highest BCUT2D eigenvalue weighted by Gasteiger charge is 2.18. The number of pyridine rings is 1. The highest BCUT2D eigenvalue weighted by atomic mass is 16.5. The smallest absolute Gasteiger partial charge is 0.258 e. The molecule has 130 valence electrons. The van der Waals surface area contributed by atoms with Crippen molar-refractivity contribution in [1.29, 1.82) is 0 Å². The van der Waals surface area contributed by atoms with Crippen molar-refractivity contribution in [3.05, 3.63) is 58.4 Å². The summed E-state index contributed by atoms with van der Waals surface area (Å²) < 4.78 is 5.52. The summed E-state index contributed by atoms with van der Waals surface area (Å²) in [6.07, 6.45) is 2.26. The van der Waals surface area contributed by atoms with E-state index >= 15 is 0 Å². The molecule has 0 fully saturated rings. The Morgan fingerprint density at radius 1 is 1.16 bits per heavy atom. The number of aryl methyl sites for hydroxylation is 3. The zero-order chi connectivity index (χ0) is 17.8. The number of hydrogen-bond acceptors (Lipinski definition) is 4. The van der Waals surface area contributed by atoms with Gasteiger partial charge in [-0.15, -0.1) is 0 Å². The third-order valence-electron chi connectivity index (χ3n) is 4.46. The highest BCUT2D eigenvalue weighted by molar-refractivity contribution is 5.97. The lowest BCUT2D eigenvalue weighted by Crippen LogP contribution is -2.29. The van der Waals surface area contributed by atoms with Crippen molar-refractivity contribution in [3.63, 3.8) is 0 Å². The Morgan fingerprint density at radius 3 is 2.80 bits per heavy atom. The van der Waals surface area contributed by atoms with Crippen molar-refractivity contribution in [3.8, 4) is 5.75 Å². The summed E-state index contributed by atoms with van der Waals surface area (Å²) in [4.78, 5) is 28.3. The fourth-order valence-electron chi connectivity index (χ4n) is 2.83. The van der Waals surface area contributed by atoms with Gasteiger partial charge in [0.1, 0.15) is 5.75 Å². The summed E-state index contributed by atoms with van der Waals surface area (Å²) in [5, 5.41) is 2.80. The molecule has 0 atom stereocenters. The number of aromatic nitrogens is 1. The van der Waals surface area contributed by atoms with Crippen LogP contribution in [0.5, 0.6) is 5.75 Å². The maximum absolute atomic E-state index is 12.0. The normalized spacial score (nSPS) is 13.3. The van der Waals surface area contributed by atoms with E-state index in [1.54, 1.807) is 6.07 Å². The standard InChI is InChI=1S/C20H22N2O3/c1-13-6-8-16(10-14(13)2)25-12-20(24)21-11-15-7-9-17-18(22-15)4-3-5-19(17)23/h6-10H,3-5,11-12H2,1-2H3,(H,21,24). The van der Waals surface area contributed by atoms with Crippen molar-refractivity contribution in [1.82, 2.24) is 10.3 Å². The number of ketones is 1. The van der Waals surface area contributed by atoms with Crippen molar-refractivity contribution < 1.29 is 14.3 Å². The molecule has 1 N–H and O–H groups in total. The molecule has 1 aromatic heterocycles. The van der Waals surface area contributed by atoms with E-state index in [-0.39, 0.29) is 18.3 Å². The van der Waals surface area contributed by atoms with Gasteiger partial charge in [0.2, 0.25) is 0 Å². The molecular weight excluding hydrogens is 316 g/mol. The Bertz CT molecular complexity index is 815. The molecule has 0 radical (unpaired) electrons. The fourth-order valence-corrected chi connectivity index (χ4v) is 2.83. The van der Waals surface area contributed by atoms with E-state index in [1.165, 1.54) is 5.56 Å².